The van der Waals surface area contributed by atoms with Crippen LogP contribution in [0.1, 0.15) is 42.7 Å². The van der Waals surface area contributed by atoms with Gasteiger partial charge < -0.3 is 24.8 Å². The van der Waals surface area contributed by atoms with Crippen LogP contribution in [-0.2, 0) is 9.47 Å². The summed E-state index contributed by atoms with van der Waals surface area (Å²) >= 11 is 15.1. The zero-order valence-electron chi connectivity index (χ0n) is 21.5. The van der Waals surface area contributed by atoms with Crippen LogP contribution in [-0.4, -0.2) is 89.5 Å². The Kier molecular flexibility index (Phi) is 8.38. The van der Waals surface area contributed by atoms with Crippen molar-refractivity contribution in [3.05, 3.63) is 52.0 Å². The van der Waals surface area contributed by atoms with Gasteiger partial charge in [0.15, 0.2) is 0 Å². The van der Waals surface area contributed by atoms with E-state index in [9.17, 15) is 24.1 Å². The number of halogens is 4. The lowest BCUT2D eigenvalue weighted by molar-refractivity contribution is -0.182. The Morgan fingerprint density at radius 1 is 1.20 bits per heavy atom. The van der Waals surface area contributed by atoms with E-state index in [1.165, 1.54) is 23.1 Å². The van der Waals surface area contributed by atoms with Crippen LogP contribution in [0.15, 0.2) is 36.1 Å². The number of thioether (sulfide) groups is 1. The van der Waals surface area contributed by atoms with Crippen molar-refractivity contribution in [2.24, 2.45) is 0 Å². The number of rotatable bonds is 7. The molecule has 7 atom stereocenters. The topological polar surface area (TPSA) is 123 Å². The summed E-state index contributed by atoms with van der Waals surface area (Å²) < 4.78 is 41.7. The summed E-state index contributed by atoms with van der Waals surface area (Å²) in [6.07, 6.45) is -0.506. The lowest BCUT2D eigenvalue weighted by atomic mass is 9.79. The number of pyridine rings is 1. The number of aliphatic hydroxyl groups is 3. The molecular weight excluding hydrogens is 621 g/mol. The van der Waals surface area contributed by atoms with Crippen LogP contribution in [0.2, 0.25) is 10.2 Å². The zero-order chi connectivity index (χ0) is 28.9. The molecule has 3 aromatic heterocycles. The van der Waals surface area contributed by atoms with Gasteiger partial charge in [0.25, 0.3) is 0 Å². The number of ether oxygens (including phenoxy) is 2. The molecule has 3 aromatic rings. The van der Waals surface area contributed by atoms with E-state index < -0.39 is 66.2 Å². The maximum atomic E-state index is 14.0. The Morgan fingerprint density at radius 2 is 1.98 bits per heavy atom. The number of fused-ring (bicyclic) bond motifs is 1. The standard InChI is InChI=1S/C26H28Cl2F2N4O5S2/c27-14-2-1-7-31-18(14)23(25(37)3-5-26(29,30)6-4-25)40-11-16-20(36)19(22-21(39-16)15(35)10-38-22)34-9-13(8-32-34)24-33-17(28)12-41-24/h1-2,7-9,12,15-16,19-23,35-37H,3-6,10-11H2/t15?,16-,19?,20?,21?,22-,23-/m1/s1. The number of nitrogens with zero attached hydrogens (tertiary/aromatic N) is 4. The second kappa shape index (κ2) is 11.6. The van der Waals surface area contributed by atoms with E-state index in [4.69, 9.17) is 32.7 Å². The molecule has 1 saturated carbocycles. The van der Waals surface area contributed by atoms with E-state index in [-0.39, 0.29) is 25.2 Å². The fourth-order valence-corrected chi connectivity index (χ4v) is 8.57. The van der Waals surface area contributed by atoms with Gasteiger partial charge in [0.1, 0.15) is 40.6 Å². The second-order valence-electron chi connectivity index (χ2n) is 10.7. The average Bonchev–Trinajstić information content (AvgIpc) is 3.68. The molecule has 0 aromatic carbocycles. The first-order chi connectivity index (χ1) is 19.5. The van der Waals surface area contributed by atoms with E-state index in [1.807, 2.05) is 0 Å². The molecule has 3 fully saturated rings. The second-order valence-corrected chi connectivity index (χ2v) is 13.5. The molecule has 4 unspecified atom stereocenters. The van der Waals surface area contributed by atoms with E-state index in [0.29, 0.717) is 26.4 Å². The summed E-state index contributed by atoms with van der Waals surface area (Å²) in [6, 6.07) is 2.60. The summed E-state index contributed by atoms with van der Waals surface area (Å²) in [5.74, 6) is -2.69. The van der Waals surface area contributed by atoms with Crippen molar-refractivity contribution < 1.29 is 33.6 Å². The number of alkyl halides is 2. The lowest BCUT2D eigenvalue weighted by Gasteiger charge is -2.44. The number of hydrogen-bond donors (Lipinski definition) is 3. The number of thiazole rings is 1. The lowest BCUT2D eigenvalue weighted by Crippen LogP contribution is -2.56. The smallest absolute Gasteiger partial charge is 0.248 e. The van der Waals surface area contributed by atoms with Crippen molar-refractivity contribution in [1.82, 2.24) is 19.7 Å². The first kappa shape index (κ1) is 29.6. The van der Waals surface area contributed by atoms with Crippen LogP contribution in [0.4, 0.5) is 8.78 Å². The van der Waals surface area contributed by atoms with Crippen LogP contribution >= 0.6 is 46.3 Å². The van der Waals surface area contributed by atoms with Gasteiger partial charge in [-0.05, 0) is 25.0 Å². The number of hydrogen-bond acceptors (Lipinski definition) is 10. The van der Waals surface area contributed by atoms with Crippen LogP contribution in [0, 0.1) is 0 Å². The van der Waals surface area contributed by atoms with Gasteiger partial charge in [-0.3, -0.25) is 9.67 Å². The molecule has 0 spiro atoms. The largest absolute Gasteiger partial charge is 0.388 e. The summed E-state index contributed by atoms with van der Waals surface area (Å²) in [6.45, 7) is 0.0365. The third-order valence-electron chi connectivity index (χ3n) is 7.99. The van der Waals surface area contributed by atoms with Crippen molar-refractivity contribution in [2.75, 3.05) is 12.4 Å². The van der Waals surface area contributed by atoms with Gasteiger partial charge in [-0.2, -0.15) is 5.10 Å². The Balaban J connectivity index is 1.26. The first-order valence-corrected chi connectivity index (χ1v) is 15.8. The molecule has 41 heavy (non-hydrogen) atoms. The predicted octanol–water partition coefficient (Wildman–Crippen LogP) is 4.55. The minimum atomic E-state index is -2.84. The fourth-order valence-electron chi connectivity index (χ4n) is 5.80. The van der Waals surface area contributed by atoms with E-state index in [1.54, 1.807) is 40.8 Å². The van der Waals surface area contributed by atoms with Gasteiger partial charge in [0, 0.05) is 41.9 Å². The first-order valence-electron chi connectivity index (χ1n) is 13.2. The Labute approximate surface area is 252 Å². The highest BCUT2D eigenvalue weighted by Crippen LogP contribution is 2.51. The van der Waals surface area contributed by atoms with Gasteiger partial charge in [0.2, 0.25) is 5.92 Å². The van der Waals surface area contributed by atoms with Gasteiger partial charge in [-0.25, -0.2) is 13.8 Å². The third kappa shape index (κ3) is 5.89. The number of aliphatic hydroxyl groups excluding tert-OH is 2. The normalized spacial score (nSPS) is 31.6. The monoisotopic (exact) mass is 648 g/mol. The quantitative estimate of drug-likeness (QED) is 0.339. The predicted molar refractivity (Wildman–Crippen MR) is 151 cm³/mol. The summed E-state index contributed by atoms with van der Waals surface area (Å²) in [4.78, 5) is 8.67. The fraction of sp³-hybridized carbons (Fsp3) is 0.577. The zero-order valence-corrected chi connectivity index (χ0v) is 24.7. The van der Waals surface area contributed by atoms with Gasteiger partial charge in [-0.1, -0.05) is 23.2 Å². The van der Waals surface area contributed by atoms with E-state index in [2.05, 4.69) is 15.1 Å². The molecule has 3 N–H and O–H groups in total. The minimum absolute atomic E-state index is 0.0365. The van der Waals surface area contributed by atoms with Crippen molar-refractivity contribution in [1.29, 1.82) is 0 Å². The van der Waals surface area contributed by atoms with Crippen molar-refractivity contribution in [2.45, 2.75) is 79.0 Å². The van der Waals surface area contributed by atoms with Crippen molar-refractivity contribution >= 4 is 46.3 Å². The van der Waals surface area contributed by atoms with Crippen LogP contribution < -0.4 is 0 Å². The van der Waals surface area contributed by atoms with Crippen LogP contribution in [0.5, 0.6) is 0 Å². The third-order valence-corrected chi connectivity index (χ3v) is 11.0. The molecule has 2 aliphatic heterocycles. The number of aromatic nitrogens is 4. The highest BCUT2D eigenvalue weighted by Gasteiger charge is 2.54. The van der Waals surface area contributed by atoms with E-state index >= 15 is 0 Å². The SMILES string of the molecule is OC1CO[C@H]2C1O[C@H](CS[C@H](c1ncccc1Cl)C1(O)CCC(F)(F)CC1)C(O)C2n1cc(-c2nc(Cl)cs2)cn1. The molecule has 0 amide bonds. The maximum absolute atomic E-state index is 14.0. The van der Waals surface area contributed by atoms with E-state index in [0.717, 1.165) is 0 Å². The Bertz CT molecular complexity index is 1370. The Morgan fingerprint density at radius 3 is 2.68 bits per heavy atom. The molecule has 1 aliphatic carbocycles. The van der Waals surface area contributed by atoms with Crippen molar-refractivity contribution in [3.8, 4) is 10.6 Å². The van der Waals surface area contributed by atoms with Gasteiger partial charge >= 0.3 is 0 Å². The molecule has 15 heteroatoms. The summed E-state index contributed by atoms with van der Waals surface area (Å²) in [5.41, 5.74) is -0.397. The molecule has 222 valence electrons. The average molecular weight is 650 g/mol. The summed E-state index contributed by atoms with van der Waals surface area (Å²) in [5, 5.41) is 40.6. The van der Waals surface area contributed by atoms with Crippen LogP contribution in [0.3, 0.4) is 0 Å². The Hall–Kier alpha value is -1.42. The minimum Gasteiger partial charge on any atom is -0.388 e. The van der Waals surface area contributed by atoms with Gasteiger partial charge in [0.05, 0.1) is 40.5 Å². The highest BCUT2D eigenvalue weighted by molar-refractivity contribution is 7.99. The highest BCUT2D eigenvalue weighted by atomic mass is 35.5. The maximum Gasteiger partial charge on any atom is 0.248 e. The molecule has 5 heterocycles. The van der Waals surface area contributed by atoms with Gasteiger partial charge in [-0.15, -0.1) is 23.1 Å². The summed E-state index contributed by atoms with van der Waals surface area (Å²) in [7, 11) is 0. The molecule has 2 saturated heterocycles. The molecule has 6 rings (SSSR count). The van der Waals surface area contributed by atoms with Crippen LogP contribution in [0.25, 0.3) is 10.6 Å². The molecule has 0 radical (unpaired) electrons. The van der Waals surface area contributed by atoms with Crippen molar-refractivity contribution in [3.63, 3.8) is 0 Å². The molecular formula is C26H28Cl2F2N4O5S2. The molecule has 0 bridgehead atoms. The molecule has 9 nitrogen and oxygen atoms in total. The molecule has 3 aliphatic rings.